The summed E-state index contributed by atoms with van der Waals surface area (Å²) >= 11 is 5.83. The SMILES string of the molecule is CC1(C)CC(=O)N(CC(=O)Nc2cc(Cl)ccc2N)C1=O. The Labute approximate surface area is 127 Å². The van der Waals surface area contributed by atoms with Crippen LogP contribution in [0.4, 0.5) is 11.4 Å². The molecular formula is C14H16ClN3O3. The molecule has 1 heterocycles. The second-order valence-corrected chi connectivity index (χ2v) is 6.06. The second-order valence-electron chi connectivity index (χ2n) is 5.63. The Bertz CT molecular complexity index is 628. The van der Waals surface area contributed by atoms with Crippen LogP contribution in [0.3, 0.4) is 0 Å². The predicted molar refractivity (Wildman–Crippen MR) is 79.6 cm³/mol. The summed E-state index contributed by atoms with van der Waals surface area (Å²) in [4.78, 5) is 36.8. The monoisotopic (exact) mass is 309 g/mol. The van der Waals surface area contributed by atoms with Crippen LogP contribution in [0, 0.1) is 5.41 Å². The fraction of sp³-hybridized carbons (Fsp3) is 0.357. The first kappa shape index (κ1) is 15.3. The molecule has 21 heavy (non-hydrogen) atoms. The Morgan fingerprint density at radius 1 is 1.43 bits per heavy atom. The minimum absolute atomic E-state index is 0.110. The van der Waals surface area contributed by atoms with Crippen LogP contribution < -0.4 is 11.1 Å². The number of carbonyl (C=O) groups is 3. The Morgan fingerprint density at radius 3 is 2.67 bits per heavy atom. The predicted octanol–water partition coefficient (Wildman–Crippen LogP) is 1.65. The van der Waals surface area contributed by atoms with Crippen LogP contribution in [-0.4, -0.2) is 29.2 Å². The lowest BCUT2D eigenvalue weighted by atomic mass is 9.92. The second kappa shape index (κ2) is 5.37. The van der Waals surface area contributed by atoms with Crippen LogP contribution in [0.2, 0.25) is 5.02 Å². The highest BCUT2D eigenvalue weighted by Gasteiger charge is 2.45. The summed E-state index contributed by atoms with van der Waals surface area (Å²) in [6.07, 6.45) is 0.110. The first-order valence-electron chi connectivity index (χ1n) is 6.40. The van der Waals surface area contributed by atoms with E-state index in [-0.39, 0.29) is 24.8 Å². The van der Waals surface area contributed by atoms with Crippen LogP contribution in [0.1, 0.15) is 20.3 Å². The van der Waals surface area contributed by atoms with Crippen molar-refractivity contribution in [3.8, 4) is 0 Å². The van der Waals surface area contributed by atoms with Crippen molar-refractivity contribution in [1.82, 2.24) is 4.90 Å². The average Bonchev–Trinajstić information content (AvgIpc) is 2.56. The molecule has 1 aromatic rings. The fourth-order valence-electron chi connectivity index (χ4n) is 2.16. The van der Waals surface area contributed by atoms with Gasteiger partial charge in [-0.15, -0.1) is 0 Å². The van der Waals surface area contributed by atoms with Crippen molar-refractivity contribution in [2.75, 3.05) is 17.6 Å². The molecule has 3 amide bonds. The number of nitrogen functional groups attached to an aromatic ring is 1. The number of rotatable bonds is 3. The van der Waals surface area contributed by atoms with Gasteiger partial charge in [0, 0.05) is 11.4 Å². The molecule has 0 atom stereocenters. The molecule has 1 saturated heterocycles. The van der Waals surface area contributed by atoms with Crippen LogP contribution in [0.5, 0.6) is 0 Å². The number of amides is 3. The highest BCUT2D eigenvalue weighted by atomic mass is 35.5. The van der Waals surface area contributed by atoms with E-state index in [9.17, 15) is 14.4 Å². The zero-order valence-corrected chi connectivity index (χ0v) is 12.5. The molecule has 0 unspecified atom stereocenters. The Morgan fingerprint density at radius 2 is 2.10 bits per heavy atom. The van der Waals surface area contributed by atoms with Crippen LogP contribution >= 0.6 is 11.6 Å². The molecule has 3 N–H and O–H groups in total. The number of hydrogen-bond acceptors (Lipinski definition) is 4. The van der Waals surface area contributed by atoms with Crippen molar-refractivity contribution in [3.05, 3.63) is 23.2 Å². The average molecular weight is 310 g/mol. The summed E-state index contributed by atoms with van der Waals surface area (Å²) in [5, 5.41) is 2.98. The van der Waals surface area contributed by atoms with E-state index in [0.717, 1.165) is 4.90 Å². The minimum Gasteiger partial charge on any atom is -0.397 e. The maximum atomic E-state index is 12.0. The van der Waals surface area contributed by atoms with Gasteiger partial charge in [-0.05, 0) is 18.2 Å². The highest BCUT2D eigenvalue weighted by Crippen LogP contribution is 2.31. The number of benzene rings is 1. The first-order valence-corrected chi connectivity index (χ1v) is 6.78. The normalized spacial score (nSPS) is 17.2. The summed E-state index contributed by atoms with van der Waals surface area (Å²) in [6, 6.07) is 4.67. The molecule has 0 radical (unpaired) electrons. The number of nitrogens with two attached hydrogens (primary N) is 1. The number of hydrogen-bond donors (Lipinski definition) is 2. The number of imide groups is 1. The summed E-state index contributed by atoms with van der Waals surface area (Å²) in [5.41, 5.74) is 5.67. The van der Waals surface area contributed by atoms with Crippen molar-refractivity contribution in [3.63, 3.8) is 0 Å². The number of nitrogens with zero attached hydrogens (tertiary/aromatic N) is 1. The minimum atomic E-state index is -0.757. The molecule has 0 spiro atoms. The lowest BCUT2D eigenvalue weighted by Gasteiger charge is -2.17. The van der Waals surface area contributed by atoms with Crippen molar-refractivity contribution < 1.29 is 14.4 Å². The van der Waals surface area contributed by atoms with Crippen molar-refractivity contribution >= 4 is 40.7 Å². The number of anilines is 2. The van der Waals surface area contributed by atoms with E-state index in [1.54, 1.807) is 26.0 Å². The van der Waals surface area contributed by atoms with Gasteiger partial charge in [0.25, 0.3) is 0 Å². The Hall–Kier alpha value is -2.08. The van der Waals surface area contributed by atoms with Crippen molar-refractivity contribution in [2.24, 2.45) is 5.41 Å². The zero-order valence-electron chi connectivity index (χ0n) is 11.8. The van der Waals surface area contributed by atoms with Gasteiger partial charge in [0.05, 0.1) is 16.8 Å². The van der Waals surface area contributed by atoms with Gasteiger partial charge >= 0.3 is 0 Å². The lowest BCUT2D eigenvalue weighted by molar-refractivity contribution is -0.143. The molecule has 2 rings (SSSR count). The topological polar surface area (TPSA) is 92.5 Å². The maximum absolute atomic E-state index is 12.0. The molecule has 112 valence electrons. The van der Waals surface area contributed by atoms with E-state index in [1.165, 1.54) is 6.07 Å². The van der Waals surface area contributed by atoms with E-state index >= 15 is 0 Å². The molecule has 0 bridgehead atoms. The summed E-state index contributed by atoms with van der Waals surface area (Å²) in [6.45, 7) is 3.03. The molecule has 1 aliphatic heterocycles. The zero-order chi connectivity index (χ0) is 15.8. The molecule has 1 aliphatic rings. The van der Waals surface area contributed by atoms with E-state index in [2.05, 4.69) is 5.32 Å². The summed E-state index contributed by atoms with van der Waals surface area (Å²) < 4.78 is 0. The van der Waals surface area contributed by atoms with Crippen LogP contribution in [0.15, 0.2) is 18.2 Å². The smallest absolute Gasteiger partial charge is 0.244 e. The van der Waals surface area contributed by atoms with Crippen molar-refractivity contribution in [1.29, 1.82) is 0 Å². The number of carbonyl (C=O) groups excluding carboxylic acids is 3. The van der Waals surface area contributed by atoms with Gasteiger partial charge in [-0.1, -0.05) is 25.4 Å². The van der Waals surface area contributed by atoms with Crippen LogP contribution in [-0.2, 0) is 14.4 Å². The molecule has 0 aliphatic carbocycles. The highest BCUT2D eigenvalue weighted by molar-refractivity contribution is 6.31. The van der Waals surface area contributed by atoms with Gasteiger partial charge in [-0.25, -0.2) is 0 Å². The summed E-state index contributed by atoms with van der Waals surface area (Å²) in [7, 11) is 0. The lowest BCUT2D eigenvalue weighted by Crippen LogP contribution is -2.39. The summed E-state index contributed by atoms with van der Waals surface area (Å²) in [5.74, 6) is -1.19. The molecule has 7 heteroatoms. The van der Waals surface area contributed by atoms with Gasteiger partial charge in [0.1, 0.15) is 6.54 Å². The van der Waals surface area contributed by atoms with E-state index < -0.39 is 11.3 Å². The van der Waals surface area contributed by atoms with Gasteiger partial charge in [-0.3, -0.25) is 19.3 Å². The molecule has 0 aromatic heterocycles. The van der Waals surface area contributed by atoms with E-state index in [0.29, 0.717) is 16.4 Å². The first-order chi connectivity index (χ1) is 9.70. The quantitative estimate of drug-likeness (QED) is 0.656. The standard InChI is InChI=1S/C14H16ClN3O3/c1-14(2)6-12(20)18(13(14)21)7-11(19)17-10-5-8(15)3-4-9(10)16/h3-5H,6-7,16H2,1-2H3,(H,17,19). The van der Waals surface area contributed by atoms with Crippen LogP contribution in [0.25, 0.3) is 0 Å². The molecule has 6 nitrogen and oxygen atoms in total. The van der Waals surface area contributed by atoms with Gasteiger partial charge < -0.3 is 11.1 Å². The largest absolute Gasteiger partial charge is 0.397 e. The number of likely N-dealkylation sites (tertiary alicyclic amines) is 1. The molecule has 1 aromatic carbocycles. The third-order valence-corrected chi connectivity index (χ3v) is 3.54. The number of halogens is 1. The Kier molecular flexibility index (Phi) is 3.91. The van der Waals surface area contributed by atoms with Gasteiger partial charge in [0.15, 0.2) is 0 Å². The molecule has 1 fully saturated rings. The molecule has 0 saturated carbocycles. The number of nitrogens with one attached hydrogen (secondary N) is 1. The molecular weight excluding hydrogens is 294 g/mol. The van der Waals surface area contributed by atoms with E-state index in [4.69, 9.17) is 17.3 Å². The maximum Gasteiger partial charge on any atom is 0.244 e. The van der Waals surface area contributed by atoms with E-state index in [1.807, 2.05) is 0 Å². The third-order valence-electron chi connectivity index (χ3n) is 3.31. The van der Waals surface area contributed by atoms with Gasteiger partial charge in [0.2, 0.25) is 17.7 Å². The fourth-order valence-corrected chi connectivity index (χ4v) is 2.33. The van der Waals surface area contributed by atoms with Gasteiger partial charge in [-0.2, -0.15) is 0 Å². The Balaban J connectivity index is 2.07. The third kappa shape index (κ3) is 3.16. The van der Waals surface area contributed by atoms with Crippen molar-refractivity contribution in [2.45, 2.75) is 20.3 Å².